The molecule has 2 N–H and O–H groups in total. The molecule has 0 bridgehead atoms. The van der Waals surface area contributed by atoms with Crippen LogP contribution in [0.2, 0.25) is 0 Å². The summed E-state index contributed by atoms with van der Waals surface area (Å²) in [5.74, 6) is -0.142. The summed E-state index contributed by atoms with van der Waals surface area (Å²) in [6.07, 6.45) is 6.03. The molecule has 1 spiro atoms. The SMILES string of the molecule is CC1=C(N2CCC3(CCC(N)CC3)C2)COC1=O. The monoisotopic (exact) mass is 250 g/mol. The fourth-order valence-electron chi connectivity index (χ4n) is 3.62. The van der Waals surface area contributed by atoms with Crippen molar-refractivity contribution in [3.63, 3.8) is 0 Å². The quantitative estimate of drug-likeness (QED) is 0.715. The molecule has 3 aliphatic rings. The molecule has 4 nitrogen and oxygen atoms in total. The van der Waals surface area contributed by atoms with E-state index in [9.17, 15) is 4.79 Å². The van der Waals surface area contributed by atoms with Gasteiger partial charge in [0.2, 0.25) is 0 Å². The molecule has 2 fully saturated rings. The van der Waals surface area contributed by atoms with Crippen LogP contribution in [0.3, 0.4) is 0 Å². The lowest BCUT2D eigenvalue weighted by Gasteiger charge is -2.36. The van der Waals surface area contributed by atoms with Gasteiger partial charge in [-0.25, -0.2) is 4.79 Å². The van der Waals surface area contributed by atoms with Gasteiger partial charge in [0, 0.05) is 19.1 Å². The number of hydrogen-bond acceptors (Lipinski definition) is 4. The van der Waals surface area contributed by atoms with Crippen LogP contribution in [0.5, 0.6) is 0 Å². The predicted molar refractivity (Wildman–Crippen MR) is 68.7 cm³/mol. The first-order valence-corrected chi connectivity index (χ1v) is 6.97. The lowest BCUT2D eigenvalue weighted by atomic mass is 9.72. The molecule has 0 unspecified atom stereocenters. The van der Waals surface area contributed by atoms with Gasteiger partial charge in [-0.15, -0.1) is 0 Å². The Morgan fingerprint density at radius 3 is 2.67 bits per heavy atom. The van der Waals surface area contributed by atoms with Gasteiger partial charge in [0.05, 0.1) is 11.3 Å². The van der Waals surface area contributed by atoms with Gasteiger partial charge in [-0.1, -0.05) is 0 Å². The van der Waals surface area contributed by atoms with Crippen LogP contribution in [0.25, 0.3) is 0 Å². The zero-order valence-corrected chi connectivity index (χ0v) is 11.1. The van der Waals surface area contributed by atoms with Gasteiger partial charge in [-0.3, -0.25) is 0 Å². The van der Waals surface area contributed by atoms with Crippen molar-refractivity contribution >= 4 is 5.97 Å². The Balaban J connectivity index is 1.70. The number of nitrogens with two attached hydrogens (primary N) is 1. The summed E-state index contributed by atoms with van der Waals surface area (Å²) in [6, 6.07) is 0.405. The van der Waals surface area contributed by atoms with Gasteiger partial charge >= 0.3 is 5.97 Å². The molecule has 4 heteroatoms. The Kier molecular flexibility index (Phi) is 2.85. The second kappa shape index (κ2) is 4.26. The molecule has 0 aromatic rings. The van der Waals surface area contributed by atoms with Crippen LogP contribution in [0.1, 0.15) is 39.0 Å². The highest BCUT2D eigenvalue weighted by atomic mass is 16.5. The van der Waals surface area contributed by atoms with E-state index < -0.39 is 0 Å². The minimum Gasteiger partial charge on any atom is -0.456 e. The van der Waals surface area contributed by atoms with E-state index in [1.54, 1.807) is 0 Å². The molecule has 18 heavy (non-hydrogen) atoms. The number of nitrogens with zero attached hydrogens (tertiary/aromatic N) is 1. The Labute approximate surface area is 108 Å². The average Bonchev–Trinajstić information content (AvgIpc) is 2.91. The van der Waals surface area contributed by atoms with Crippen LogP contribution in [0.4, 0.5) is 0 Å². The molecule has 0 aromatic carbocycles. The van der Waals surface area contributed by atoms with Crippen molar-refractivity contribution in [2.24, 2.45) is 11.1 Å². The van der Waals surface area contributed by atoms with Crippen molar-refractivity contribution in [1.82, 2.24) is 4.90 Å². The van der Waals surface area contributed by atoms with E-state index in [4.69, 9.17) is 10.5 Å². The molecular formula is C14H22N2O2. The largest absolute Gasteiger partial charge is 0.456 e. The van der Waals surface area contributed by atoms with Gasteiger partial charge in [0.1, 0.15) is 6.61 Å². The normalized spacial score (nSPS) is 36.7. The summed E-state index contributed by atoms with van der Waals surface area (Å²) in [6.45, 7) is 4.51. The third-order valence-electron chi connectivity index (χ3n) is 4.99. The summed E-state index contributed by atoms with van der Waals surface area (Å²) in [4.78, 5) is 13.8. The number of ether oxygens (including phenoxy) is 1. The van der Waals surface area contributed by atoms with E-state index in [-0.39, 0.29) is 5.97 Å². The number of likely N-dealkylation sites (tertiary alicyclic amines) is 1. The van der Waals surface area contributed by atoms with Gasteiger partial charge in [0.25, 0.3) is 0 Å². The summed E-state index contributed by atoms with van der Waals surface area (Å²) < 4.78 is 5.11. The Hall–Kier alpha value is -1.03. The van der Waals surface area contributed by atoms with E-state index in [0.29, 0.717) is 18.1 Å². The second-order valence-corrected chi connectivity index (χ2v) is 6.16. The molecular weight excluding hydrogens is 228 g/mol. The van der Waals surface area contributed by atoms with Crippen molar-refractivity contribution in [3.8, 4) is 0 Å². The molecule has 1 aliphatic carbocycles. The highest BCUT2D eigenvalue weighted by Gasteiger charge is 2.42. The van der Waals surface area contributed by atoms with Crippen molar-refractivity contribution in [1.29, 1.82) is 0 Å². The lowest BCUT2D eigenvalue weighted by Crippen LogP contribution is -2.36. The Bertz CT molecular complexity index is 395. The maximum absolute atomic E-state index is 11.4. The third-order valence-corrected chi connectivity index (χ3v) is 4.99. The van der Waals surface area contributed by atoms with E-state index in [2.05, 4.69) is 4.90 Å². The molecule has 0 amide bonds. The van der Waals surface area contributed by atoms with E-state index in [1.807, 2.05) is 6.92 Å². The van der Waals surface area contributed by atoms with Crippen LogP contribution >= 0.6 is 0 Å². The molecule has 1 saturated carbocycles. The molecule has 100 valence electrons. The maximum Gasteiger partial charge on any atom is 0.335 e. The highest BCUT2D eigenvalue weighted by molar-refractivity contribution is 5.90. The maximum atomic E-state index is 11.4. The molecule has 2 aliphatic heterocycles. The van der Waals surface area contributed by atoms with E-state index in [1.165, 1.54) is 19.3 Å². The van der Waals surface area contributed by atoms with E-state index >= 15 is 0 Å². The van der Waals surface area contributed by atoms with Gasteiger partial charge in [0.15, 0.2) is 0 Å². The van der Waals surface area contributed by atoms with Crippen LogP contribution in [-0.2, 0) is 9.53 Å². The van der Waals surface area contributed by atoms with Gasteiger partial charge < -0.3 is 15.4 Å². The van der Waals surface area contributed by atoms with Crippen molar-refractivity contribution in [2.75, 3.05) is 19.7 Å². The fraction of sp³-hybridized carbons (Fsp3) is 0.786. The third kappa shape index (κ3) is 1.92. The van der Waals surface area contributed by atoms with Crippen LogP contribution in [-0.4, -0.2) is 36.6 Å². The highest BCUT2D eigenvalue weighted by Crippen LogP contribution is 2.44. The number of carbonyl (C=O) groups excluding carboxylic acids is 1. The zero-order chi connectivity index (χ0) is 12.8. The fourth-order valence-corrected chi connectivity index (χ4v) is 3.62. The second-order valence-electron chi connectivity index (χ2n) is 6.16. The van der Waals surface area contributed by atoms with Crippen LogP contribution in [0, 0.1) is 5.41 Å². The van der Waals surface area contributed by atoms with Gasteiger partial charge in [-0.2, -0.15) is 0 Å². The van der Waals surface area contributed by atoms with Crippen molar-refractivity contribution in [3.05, 3.63) is 11.3 Å². The summed E-state index contributed by atoms with van der Waals surface area (Å²) in [5.41, 5.74) is 8.37. The number of rotatable bonds is 1. The number of esters is 1. The number of hydrogen-bond donors (Lipinski definition) is 1. The standard InChI is InChI=1S/C14H22N2O2/c1-10-12(8-18-13(10)17)16-7-6-14(9-16)4-2-11(15)3-5-14/h11H,2-9,15H2,1H3. The molecule has 0 radical (unpaired) electrons. The first-order chi connectivity index (χ1) is 8.60. The van der Waals surface area contributed by atoms with Crippen molar-refractivity contribution < 1.29 is 9.53 Å². The number of cyclic esters (lactones) is 1. The van der Waals surface area contributed by atoms with Crippen LogP contribution in [0.15, 0.2) is 11.3 Å². The van der Waals surface area contributed by atoms with Gasteiger partial charge in [-0.05, 0) is 44.4 Å². The predicted octanol–water partition coefficient (Wildman–Crippen LogP) is 1.41. The smallest absolute Gasteiger partial charge is 0.335 e. The zero-order valence-electron chi connectivity index (χ0n) is 11.1. The minimum atomic E-state index is -0.142. The minimum absolute atomic E-state index is 0.142. The van der Waals surface area contributed by atoms with Crippen molar-refractivity contribution in [2.45, 2.75) is 45.1 Å². The topological polar surface area (TPSA) is 55.6 Å². The van der Waals surface area contributed by atoms with Crippen LogP contribution < -0.4 is 5.73 Å². The van der Waals surface area contributed by atoms with E-state index in [0.717, 1.165) is 37.2 Å². The Morgan fingerprint density at radius 2 is 2.06 bits per heavy atom. The molecule has 3 rings (SSSR count). The molecule has 0 aromatic heterocycles. The first-order valence-electron chi connectivity index (χ1n) is 6.97. The molecule has 0 atom stereocenters. The average molecular weight is 250 g/mol. The lowest BCUT2D eigenvalue weighted by molar-refractivity contribution is -0.136. The first kappa shape index (κ1) is 12.0. The summed E-state index contributed by atoms with van der Waals surface area (Å²) >= 11 is 0. The number of carbonyl (C=O) groups is 1. The Morgan fingerprint density at radius 1 is 1.33 bits per heavy atom. The molecule has 2 heterocycles. The molecule has 1 saturated heterocycles. The summed E-state index contributed by atoms with van der Waals surface area (Å²) in [5, 5.41) is 0. The summed E-state index contributed by atoms with van der Waals surface area (Å²) in [7, 11) is 0.